The fourth-order valence-corrected chi connectivity index (χ4v) is 5.78. The van der Waals surface area contributed by atoms with Gasteiger partial charge in [0, 0.05) is 27.5 Å². The van der Waals surface area contributed by atoms with Gasteiger partial charge in [-0.15, -0.1) is 0 Å². The highest BCUT2D eigenvalue weighted by atomic mass is 15.1. The Morgan fingerprint density at radius 2 is 0.727 bits per heavy atom. The zero-order valence-corrected chi connectivity index (χ0v) is 27.5. The lowest BCUT2D eigenvalue weighted by molar-refractivity contribution is 1.06. The maximum atomic E-state index is 9.88. The van der Waals surface area contributed by atoms with E-state index in [1.165, 1.54) is 0 Å². The van der Waals surface area contributed by atoms with Crippen molar-refractivity contribution in [3.63, 3.8) is 0 Å². The minimum atomic E-state index is -1.03. The Morgan fingerprint density at radius 3 is 1.20 bits per heavy atom. The third-order valence-electron chi connectivity index (χ3n) is 8.13. The normalized spacial score (nSPS) is 19.2. The maximum Gasteiger partial charge on any atom is 0.166 e. The number of hydrogen-bond donors (Lipinski definition) is 0. The second-order valence-corrected chi connectivity index (χ2v) is 11.3. The van der Waals surface area contributed by atoms with Gasteiger partial charge in [0.15, 0.2) is 17.5 Å². The van der Waals surface area contributed by atoms with Crippen LogP contribution in [0.4, 0.5) is 0 Å². The summed E-state index contributed by atoms with van der Waals surface area (Å²) in [7, 11) is 0. The highest BCUT2D eigenvalue weighted by Crippen LogP contribution is 2.40. The molecule has 0 atom stereocenters. The van der Waals surface area contributed by atoms with Crippen LogP contribution in [0.3, 0.4) is 0 Å². The van der Waals surface area contributed by atoms with Crippen LogP contribution >= 0.6 is 0 Å². The average Bonchev–Trinajstić information content (AvgIpc) is 1.47. The highest BCUT2D eigenvalue weighted by Gasteiger charge is 2.20. The molecule has 0 fully saturated rings. The molecule has 0 spiro atoms. The first-order valence-electron chi connectivity index (χ1n) is 31.5. The van der Waals surface area contributed by atoms with Gasteiger partial charge in [0.2, 0.25) is 0 Å². The average molecular weight is 734 g/mol. The number of benzene rings is 8. The van der Waals surface area contributed by atoms with Crippen LogP contribution in [0.1, 0.15) is 42.5 Å². The van der Waals surface area contributed by atoms with Gasteiger partial charge in [-0.2, -0.15) is 0 Å². The largest absolute Gasteiger partial charge is 0.309 e. The maximum absolute atomic E-state index is 9.88. The number of hydrogen-bond acceptors (Lipinski definition) is 3. The molecule has 0 amide bonds. The Hall–Kier alpha value is -7.43. The van der Waals surface area contributed by atoms with Gasteiger partial charge >= 0.3 is 0 Å². The Labute approximate surface area is 363 Å². The van der Waals surface area contributed by atoms with E-state index in [1.807, 2.05) is 0 Å². The van der Waals surface area contributed by atoms with Crippen molar-refractivity contribution in [2.75, 3.05) is 0 Å². The zero-order valence-electron chi connectivity index (χ0n) is 58.5. The van der Waals surface area contributed by atoms with Gasteiger partial charge in [-0.05, 0) is 75.7 Å². The van der Waals surface area contributed by atoms with Gasteiger partial charge in [-0.1, -0.05) is 163 Å². The molecule has 0 bridgehead atoms. The number of para-hydroxylation sites is 2. The molecule has 4 heteroatoms. The molecule has 0 aliphatic heterocycles. The van der Waals surface area contributed by atoms with Crippen molar-refractivity contribution >= 4 is 21.8 Å². The Kier molecular flexibility index (Phi) is 3.39. The van der Waals surface area contributed by atoms with Crippen LogP contribution in [0.2, 0.25) is 0 Å². The predicted molar refractivity (Wildman–Crippen MR) is 227 cm³/mol. The summed E-state index contributed by atoms with van der Waals surface area (Å²) in [5.74, 6) is -2.53. The Bertz CT molecular complexity index is 4410. The molecule has 8 aromatic carbocycles. The summed E-state index contributed by atoms with van der Waals surface area (Å²) in [6.45, 7) is 0. The minimum absolute atomic E-state index is 0.445. The molecule has 0 saturated carbocycles. The van der Waals surface area contributed by atoms with Gasteiger partial charge in [0.25, 0.3) is 0 Å². The smallest absolute Gasteiger partial charge is 0.166 e. The van der Waals surface area contributed by atoms with Crippen molar-refractivity contribution in [1.82, 2.24) is 19.5 Å². The molecule has 0 N–H and O–H groups in total. The SMILES string of the molecule is [2H]c1c([2H])c([2H])c(-c2nc(-c3cc(-c4c([2H])c(-c5c([2H])c([2H])c([2H])c([2H])c5[2H])c([2H])c(-c5c([2H])c([2H])c([2H])c([2H])c5[2H])c4[2H])ccc3-n3c4c([2H])c([2H])c([2H])c([2H])c4c4c([2H])c([2H])c([2H])c([2H])c43)nc(-c3c([2H])c([2H])c([2H])c([2H])c3[2H])n2)c([2H])c1[2H]. The van der Waals surface area contributed by atoms with Gasteiger partial charge in [0.05, 0.1) is 59.2 Å². The molecule has 4 nitrogen and oxygen atoms in total. The van der Waals surface area contributed by atoms with Crippen LogP contribution in [-0.2, 0) is 0 Å². The summed E-state index contributed by atoms with van der Waals surface area (Å²) in [5, 5.41) is -0.939. The lowest BCUT2D eigenvalue weighted by atomic mass is 9.92. The van der Waals surface area contributed by atoms with E-state index < -0.39 is 282 Å². The molecule has 10 rings (SSSR count). The van der Waals surface area contributed by atoms with Crippen LogP contribution in [0.15, 0.2) is 206 Å². The van der Waals surface area contributed by atoms with Crippen LogP contribution in [0, 0.1) is 0 Å². The van der Waals surface area contributed by atoms with Crippen LogP contribution < -0.4 is 0 Å². The lowest BCUT2D eigenvalue weighted by Gasteiger charge is -2.17. The number of aromatic nitrogens is 4. The molecule has 2 aromatic heterocycles. The molecule has 2 heterocycles. The van der Waals surface area contributed by atoms with Crippen molar-refractivity contribution in [1.29, 1.82) is 0 Å². The van der Waals surface area contributed by atoms with Gasteiger partial charge in [-0.25, -0.2) is 15.0 Å². The first kappa shape index (κ1) is 13.5. The molecule has 0 radical (unpaired) electrons. The van der Waals surface area contributed by atoms with Crippen LogP contribution in [0.25, 0.3) is 95.0 Å². The molecule has 10 aromatic rings. The molecule has 258 valence electrons. The van der Waals surface area contributed by atoms with E-state index in [1.54, 1.807) is 0 Å². The van der Waals surface area contributed by atoms with Gasteiger partial charge in [-0.3, -0.25) is 0 Å². The van der Waals surface area contributed by atoms with E-state index in [0.29, 0.717) is 0 Å². The third-order valence-corrected chi connectivity index (χ3v) is 8.13. The first-order chi connectivity index (χ1) is 40.1. The molecule has 0 aliphatic carbocycles. The number of fused-ring (bicyclic) bond motifs is 3. The van der Waals surface area contributed by atoms with Crippen molar-refractivity contribution in [2.45, 2.75) is 0 Å². The van der Waals surface area contributed by atoms with Crippen molar-refractivity contribution in [3.8, 4) is 73.2 Å². The van der Waals surface area contributed by atoms with E-state index in [-0.39, 0.29) is 0 Å². The van der Waals surface area contributed by atoms with E-state index in [0.717, 1.165) is 22.8 Å². The molecular weight excluding hydrogens is 669 g/mol. The quantitative estimate of drug-likeness (QED) is 0.164. The summed E-state index contributed by atoms with van der Waals surface area (Å²) >= 11 is 0. The monoisotopic (exact) mass is 733 g/mol. The van der Waals surface area contributed by atoms with E-state index in [9.17, 15) is 6.85 Å². The molecule has 55 heavy (non-hydrogen) atoms. The minimum Gasteiger partial charge on any atom is -0.309 e. The van der Waals surface area contributed by atoms with Crippen molar-refractivity contribution in [2.24, 2.45) is 0 Å². The fourth-order valence-electron chi connectivity index (χ4n) is 5.78. The predicted octanol–water partition coefficient (Wildman–Crippen LogP) is 13.0. The van der Waals surface area contributed by atoms with Gasteiger partial charge < -0.3 is 4.57 Å². The van der Waals surface area contributed by atoms with Crippen molar-refractivity contribution < 1.29 is 42.5 Å². The summed E-state index contributed by atoms with van der Waals surface area (Å²) in [5.41, 5.74) is -8.15. The van der Waals surface area contributed by atoms with E-state index in [2.05, 4.69) is 15.0 Å². The highest BCUT2D eigenvalue weighted by molar-refractivity contribution is 6.09. The van der Waals surface area contributed by atoms with Crippen LogP contribution in [-0.4, -0.2) is 19.5 Å². The standard InChI is InChI=1S/C51H34N4/c1-5-17-35(18-6-1)40-31-41(36-19-7-2-8-20-36)33-42(32-40)39-29-30-48(55-46-27-15-13-25-43(46)44-26-14-16-28-47(44)55)45(34-39)51-53-49(37-21-9-3-10-22-37)52-50(54-51)38-23-11-4-12-24-38/h1-34H/i1D,2D,3D,4D,5D,6D,7D,8D,9D,10D,11D,12D,13D,14D,15D,16D,17D,18D,19D,20D,21D,22D,23D,24D,25D,26D,27D,28D,31D,32D,33D. The number of nitrogens with zero attached hydrogens (tertiary/aromatic N) is 4. The second kappa shape index (κ2) is 13.8. The molecule has 0 saturated heterocycles. The molecular formula is C51H34N4. The summed E-state index contributed by atoms with van der Waals surface area (Å²) in [6.07, 6.45) is 0. The Morgan fingerprint density at radius 1 is 0.345 bits per heavy atom. The lowest BCUT2D eigenvalue weighted by Crippen LogP contribution is -2.04. The molecule has 0 unspecified atom stereocenters. The summed E-state index contributed by atoms with van der Waals surface area (Å²) in [6, 6.07) is -25.5. The number of rotatable bonds is 7. The fraction of sp³-hybridized carbons (Fsp3) is 0. The zero-order chi connectivity index (χ0) is 63.5. The second-order valence-electron chi connectivity index (χ2n) is 11.3. The van der Waals surface area contributed by atoms with E-state index in [4.69, 9.17) is 35.6 Å². The summed E-state index contributed by atoms with van der Waals surface area (Å²) in [4.78, 5) is 13.4. The topological polar surface area (TPSA) is 43.6 Å². The van der Waals surface area contributed by atoms with Crippen molar-refractivity contribution in [3.05, 3.63) is 206 Å². The molecule has 0 aliphatic rings. The third kappa shape index (κ3) is 6.06. The Balaban J connectivity index is 1.49. The van der Waals surface area contributed by atoms with Crippen LogP contribution in [0.5, 0.6) is 0 Å². The summed E-state index contributed by atoms with van der Waals surface area (Å²) < 4.78 is 276. The van der Waals surface area contributed by atoms with Gasteiger partial charge in [0.1, 0.15) is 0 Å². The van der Waals surface area contributed by atoms with E-state index >= 15 is 0 Å². The first-order valence-corrected chi connectivity index (χ1v) is 16.0.